The zero-order valence-corrected chi connectivity index (χ0v) is 8.80. The van der Waals surface area contributed by atoms with E-state index in [1.54, 1.807) is 23.9 Å². The van der Waals surface area contributed by atoms with Crippen molar-refractivity contribution in [2.24, 2.45) is 5.73 Å². The SMILES string of the molecule is CSc1ccc([C@@H](O)[C@@H](N)CF)cc1. The predicted molar refractivity (Wildman–Crippen MR) is 57.1 cm³/mol. The van der Waals surface area contributed by atoms with Crippen molar-refractivity contribution in [1.82, 2.24) is 0 Å². The third-order valence-corrected chi connectivity index (χ3v) is 2.78. The van der Waals surface area contributed by atoms with Gasteiger partial charge in [0.05, 0.1) is 12.1 Å². The highest BCUT2D eigenvalue weighted by Gasteiger charge is 2.16. The molecule has 0 aliphatic carbocycles. The molecule has 14 heavy (non-hydrogen) atoms. The Balaban J connectivity index is 2.75. The van der Waals surface area contributed by atoms with Crippen LogP contribution in [0.1, 0.15) is 11.7 Å². The number of halogens is 1. The standard InChI is InChI=1S/C10H14FNOS/c1-14-8-4-2-7(3-5-8)10(13)9(12)6-11/h2-5,9-10,13H,6,12H2,1H3/t9-,10+/m0/s1. The number of thioether (sulfide) groups is 1. The number of hydrogen-bond acceptors (Lipinski definition) is 3. The minimum absolute atomic E-state index is 0.660. The molecule has 0 amide bonds. The first kappa shape index (κ1) is 11.5. The van der Waals surface area contributed by atoms with Crippen molar-refractivity contribution in [2.45, 2.75) is 17.0 Å². The molecule has 0 heterocycles. The molecule has 0 saturated heterocycles. The average molecular weight is 215 g/mol. The summed E-state index contributed by atoms with van der Waals surface area (Å²) in [7, 11) is 0. The van der Waals surface area contributed by atoms with E-state index < -0.39 is 18.8 Å². The van der Waals surface area contributed by atoms with Crippen LogP contribution in [0.15, 0.2) is 29.2 Å². The van der Waals surface area contributed by atoms with Gasteiger partial charge in [0, 0.05) is 4.90 Å². The van der Waals surface area contributed by atoms with Crippen LogP contribution < -0.4 is 5.73 Å². The lowest BCUT2D eigenvalue weighted by Crippen LogP contribution is -2.30. The summed E-state index contributed by atoms with van der Waals surface area (Å²) in [5.74, 6) is 0. The average Bonchev–Trinajstić information content (AvgIpc) is 2.27. The number of rotatable bonds is 4. The molecule has 1 rings (SSSR count). The lowest BCUT2D eigenvalue weighted by molar-refractivity contribution is 0.132. The maximum absolute atomic E-state index is 12.2. The van der Waals surface area contributed by atoms with Crippen LogP contribution in [-0.2, 0) is 0 Å². The van der Waals surface area contributed by atoms with Gasteiger partial charge in [-0.15, -0.1) is 11.8 Å². The molecule has 2 atom stereocenters. The fraction of sp³-hybridized carbons (Fsp3) is 0.400. The highest BCUT2D eigenvalue weighted by Crippen LogP contribution is 2.20. The van der Waals surface area contributed by atoms with E-state index in [0.717, 1.165) is 4.90 Å². The third-order valence-electron chi connectivity index (χ3n) is 2.04. The van der Waals surface area contributed by atoms with E-state index in [9.17, 15) is 9.50 Å². The van der Waals surface area contributed by atoms with E-state index >= 15 is 0 Å². The molecule has 0 aromatic heterocycles. The van der Waals surface area contributed by atoms with Crippen LogP contribution in [0, 0.1) is 0 Å². The predicted octanol–water partition coefficient (Wildman–Crippen LogP) is 1.74. The van der Waals surface area contributed by atoms with E-state index in [1.165, 1.54) is 0 Å². The van der Waals surface area contributed by atoms with Crippen molar-refractivity contribution < 1.29 is 9.50 Å². The van der Waals surface area contributed by atoms with Crippen LogP contribution in [0.3, 0.4) is 0 Å². The van der Waals surface area contributed by atoms with Gasteiger partial charge in [-0.05, 0) is 24.0 Å². The molecule has 0 unspecified atom stereocenters. The van der Waals surface area contributed by atoms with Crippen molar-refractivity contribution >= 4 is 11.8 Å². The molecule has 78 valence electrons. The Bertz CT molecular complexity index is 278. The topological polar surface area (TPSA) is 46.2 Å². The molecule has 4 heteroatoms. The molecular weight excluding hydrogens is 201 g/mol. The maximum Gasteiger partial charge on any atom is 0.107 e. The van der Waals surface area contributed by atoms with Crippen molar-refractivity contribution in [3.63, 3.8) is 0 Å². The highest BCUT2D eigenvalue weighted by atomic mass is 32.2. The second-order valence-electron chi connectivity index (χ2n) is 3.04. The van der Waals surface area contributed by atoms with E-state index in [0.29, 0.717) is 5.56 Å². The minimum Gasteiger partial charge on any atom is -0.387 e. The monoisotopic (exact) mass is 215 g/mol. The van der Waals surface area contributed by atoms with Gasteiger partial charge >= 0.3 is 0 Å². The molecule has 1 aromatic carbocycles. The van der Waals surface area contributed by atoms with Crippen molar-refractivity contribution in [3.8, 4) is 0 Å². The first-order chi connectivity index (χ1) is 6.69. The summed E-state index contributed by atoms with van der Waals surface area (Å²) in [4.78, 5) is 1.11. The molecule has 0 spiro atoms. The fourth-order valence-electron chi connectivity index (χ4n) is 1.13. The zero-order valence-electron chi connectivity index (χ0n) is 7.98. The van der Waals surface area contributed by atoms with E-state index in [-0.39, 0.29) is 0 Å². The molecule has 1 aromatic rings. The van der Waals surface area contributed by atoms with Crippen LogP contribution in [0.5, 0.6) is 0 Å². The van der Waals surface area contributed by atoms with Gasteiger partial charge in [-0.3, -0.25) is 0 Å². The molecule has 2 nitrogen and oxygen atoms in total. The number of nitrogens with two attached hydrogens (primary N) is 1. The van der Waals surface area contributed by atoms with E-state index in [2.05, 4.69) is 0 Å². The normalized spacial score (nSPS) is 15.1. The van der Waals surface area contributed by atoms with Crippen molar-refractivity contribution in [3.05, 3.63) is 29.8 Å². The number of alkyl halides is 1. The van der Waals surface area contributed by atoms with Crippen LogP contribution in [0.4, 0.5) is 4.39 Å². The van der Waals surface area contributed by atoms with Crippen LogP contribution in [0.2, 0.25) is 0 Å². The second kappa shape index (κ2) is 5.34. The van der Waals surface area contributed by atoms with Crippen LogP contribution >= 0.6 is 11.8 Å². The Labute approximate surface area is 87.3 Å². The zero-order chi connectivity index (χ0) is 10.6. The van der Waals surface area contributed by atoms with Gasteiger partial charge in [-0.25, -0.2) is 4.39 Å². The number of hydrogen-bond donors (Lipinski definition) is 2. The Morgan fingerprint density at radius 3 is 2.43 bits per heavy atom. The van der Waals surface area contributed by atoms with Gasteiger partial charge in [0.2, 0.25) is 0 Å². The summed E-state index contributed by atoms with van der Waals surface area (Å²) in [5.41, 5.74) is 6.05. The summed E-state index contributed by atoms with van der Waals surface area (Å²) in [5, 5.41) is 9.58. The largest absolute Gasteiger partial charge is 0.387 e. The third kappa shape index (κ3) is 2.70. The fourth-order valence-corrected chi connectivity index (χ4v) is 1.54. The van der Waals surface area contributed by atoms with Gasteiger partial charge in [0.15, 0.2) is 0 Å². The number of aliphatic hydroxyl groups is 1. The van der Waals surface area contributed by atoms with Crippen LogP contribution in [-0.4, -0.2) is 24.1 Å². The van der Waals surface area contributed by atoms with Gasteiger partial charge in [0.1, 0.15) is 6.67 Å². The second-order valence-corrected chi connectivity index (χ2v) is 3.92. The number of aliphatic hydroxyl groups excluding tert-OH is 1. The Morgan fingerprint density at radius 2 is 2.00 bits per heavy atom. The minimum atomic E-state index is -0.920. The lowest BCUT2D eigenvalue weighted by Gasteiger charge is -2.16. The molecule has 0 fully saturated rings. The molecule has 0 bridgehead atoms. The first-order valence-electron chi connectivity index (χ1n) is 4.32. The Hall–Kier alpha value is -0.580. The van der Waals surface area contributed by atoms with Gasteiger partial charge < -0.3 is 10.8 Å². The summed E-state index contributed by atoms with van der Waals surface area (Å²) < 4.78 is 12.2. The molecule has 0 saturated carbocycles. The number of benzene rings is 1. The van der Waals surface area contributed by atoms with Gasteiger partial charge in [-0.2, -0.15) is 0 Å². The Kier molecular flexibility index (Phi) is 4.38. The first-order valence-corrected chi connectivity index (χ1v) is 5.55. The Morgan fingerprint density at radius 1 is 1.43 bits per heavy atom. The maximum atomic E-state index is 12.2. The molecule has 3 N–H and O–H groups in total. The lowest BCUT2D eigenvalue weighted by atomic mass is 10.0. The quantitative estimate of drug-likeness (QED) is 0.752. The highest BCUT2D eigenvalue weighted by molar-refractivity contribution is 7.98. The summed E-state index contributed by atoms with van der Waals surface area (Å²) in [6.45, 7) is -0.717. The van der Waals surface area contributed by atoms with Crippen LogP contribution in [0.25, 0.3) is 0 Å². The molecule has 0 aliphatic heterocycles. The molecule has 0 aliphatic rings. The smallest absolute Gasteiger partial charge is 0.107 e. The molecule has 0 radical (unpaired) electrons. The van der Waals surface area contributed by atoms with E-state index in [4.69, 9.17) is 5.73 Å². The van der Waals surface area contributed by atoms with Crippen molar-refractivity contribution in [2.75, 3.05) is 12.9 Å². The summed E-state index contributed by atoms with van der Waals surface area (Å²) >= 11 is 1.62. The van der Waals surface area contributed by atoms with Gasteiger partial charge in [0.25, 0.3) is 0 Å². The van der Waals surface area contributed by atoms with Crippen molar-refractivity contribution in [1.29, 1.82) is 0 Å². The molecular formula is C10H14FNOS. The van der Waals surface area contributed by atoms with E-state index in [1.807, 2.05) is 18.4 Å². The summed E-state index contributed by atoms with van der Waals surface area (Å²) in [6, 6.07) is 6.47. The van der Waals surface area contributed by atoms with Gasteiger partial charge in [-0.1, -0.05) is 12.1 Å². The summed E-state index contributed by atoms with van der Waals surface area (Å²) in [6.07, 6.45) is 1.05.